The third-order valence-corrected chi connectivity index (χ3v) is 2.95. The zero-order valence-electron chi connectivity index (χ0n) is 10.1. The number of aliphatic hydroxyl groups is 1. The first-order chi connectivity index (χ1) is 8.13. The second kappa shape index (κ2) is 6.36. The molecule has 3 nitrogen and oxygen atoms in total. The monoisotopic (exact) mass is 330 g/mol. The molecule has 1 unspecified atom stereocenters. The highest BCUT2D eigenvalue weighted by molar-refractivity contribution is 9.11. The van der Waals surface area contributed by atoms with E-state index in [1.807, 2.05) is 35.8 Å². The second-order valence-electron chi connectivity index (χ2n) is 3.99. The first-order valence-corrected chi connectivity index (χ1v) is 6.39. The van der Waals surface area contributed by atoms with E-state index in [4.69, 9.17) is 0 Å². The molecule has 0 aliphatic heterocycles. The fraction of sp³-hybridized carbons (Fsp3) is 0.308. The maximum atomic E-state index is 10.00. The Labute approximate surface area is 121 Å². The van der Waals surface area contributed by atoms with Gasteiger partial charge in [0.15, 0.2) is 0 Å². The zero-order valence-corrected chi connectivity index (χ0v) is 12.5. The van der Waals surface area contributed by atoms with Crippen LogP contribution in [-0.2, 0) is 6.54 Å². The number of allylic oxidation sites excluding steroid dienone is 1. The molecule has 1 N–H and O–H groups in total. The number of hydrogen-bond acceptors (Lipinski definition) is 2. The van der Waals surface area contributed by atoms with E-state index in [1.54, 1.807) is 0 Å². The Morgan fingerprint density at radius 2 is 2.17 bits per heavy atom. The number of benzene rings is 1. The van der Waals surface area contributed by atoms with E-state index >= 15 is 0 Å². The molecule has 5 heteroatoms. The minimum absolute atomic E-state index is 0. The van der Waals surface area contributed by atoms with Gasteiger partial charge in [0.05, 0.1) is 17.6 Å². The molecule has 18 heavy (non-hydrogen) atoms. The Balaban J connectivity index is 0.00000162. The maximum Gasteiger partial charge on any atom is 0.139 e. The summed E-state index contributed by atoms with van der Waals surface area (Å²) in [6, 6.07) is 7.88. The molecule has 0 saturated carbocycles. The van der Waals surface area contributed by atoms with Crippen molar-refractivity contribution in [1.29, 1.82) is 0 Å². The van der Waals surface area contributed by atoms with Crippen molar-refractivity contribution in [2.45, 2.75) is 26.0 Å². The number of nitrogens with zero attached hydrogens (tertiary/aromatic N) is 2. The van der Waals surface area contributed by atoms with Crippen LogP contribution in [0, 0.1) is 0 Å². The molecule has 0 amide bonds. The Bertz CT molecular complexity index is 553. The number of fused-ring (bicyclic) bond motifs is 1. The summed E-state index contributed by atoms with van der Waals surface area (Å²) in [5.74, 6) is 0.703. The van der Waals surface area contributed by atoms with E-state index in [0.29, 0.717) is 18.8 Å². The van der Waals surface area contributed by atoms with Crippen molar-refractivity contribution in [1.82, 2.24) is 9.55 Å². The number of halogens is 2. The van der Waals surface area contributed by atoms with Gasteiger partial charge in [-0.2, -0.15) is 0 Å². The van der Waals surface area contributed by atoms with Crippen molar-refractivity contribution in [3.8, 4) is 0 Å². The Morgan fingerprint density at radius 1 is 1.50 bits per heavy atom. The molecule has 0 bridgehead atoms. The fourth-order valence-electron chi connectivity index (χ4n) is 1.87. The first kappa shape index (κ1) is 15.2. The topological polar surface area (TPSA) is 38.0 Å². The van der Waals surface area contributed by atoms with Gasteiger partial charge >= 0.3 is 0 Å². The standard InChI is InChI=1S/C13H15BrN2O.ClH/c1-3-12(17)13-15-10-6-4-5-7-11(10)16(13)8-9(2)14;/h4-7,12,17H,2-3,8H2,1H3;1H. The molecule has 1 atom stereocenters. The van der Waals surface area contributed by atoms with Gasteiger partial charge in [-0.25, -0.2) is 4.98 Å². The van der Waals surface area contributed by atoms with Crippen molar-refractivity contribution in [2.75, 3.05) is 0 Å². The minimum atomic E-state index is -0.533. The lowest BCUT2D eigenvalue weighted by molar-refractivity contribution is 0.160. The molecule has 0 fully saturated rings. The van der Waals surface area contributed by atoms with Gasteiger partial charge in [-0.05, 0) is 18.6 Å². The van der Waals surface area contributed by atoms with Gasteiger partial charge in [0.25, 0.3) is 0 Å². The van der Waals surface area contributed by atoms with Crippen molar-refractivity contribution >= 4 is 39.4 Å². The SMILES string of the molecule is C=C(Br)Cn1c(C(O)CC)nc2ccccc21.Cl. The zero-order chi connectivity index (χ0) is 12.4. The van der Waals surface area contributed by atoms with Crippen LogP contribution in [0.5, 0.6) is 0 Å². The summed E-state index contributed by atoms with van der Waals surface area (Å²) >= 11 is 3.36. The average molecular weight is 332 g/mol. The molecule has 0 spiro atoms. The summed E-state index contributed by atoms with van der Waals surface area (Å²) in [7, 11) is 0. The maximum absolute atomic E-state index is 10.00. The summed E-state index contributed by atoms with van der Waals surface area (Å²) in [4.78, 5) is 4.49. The van der Waals surface area contributed by atoms with E-state index in [-0.39, 0.29) is 12.4 Å². The molecule has 1 aromatic heterocycles. The number of para-hydroxylation sites is 2. The quantitative estimate of drug-likeness (QED) is 0.925. The summed E-state index contributed by atoms with van der Waals surface area (Å²) in [6.07, 6.45) is 0.118. The van der Waals surface area contributed by atoms with Crippen LogP contribution in [0.2, 0.25) is 0 Å². The lowest BCUT2D eigenvalue weighted by Gasteiger charge is -2.11. The third kappa shape index (κ3) is 2.94. The highest BCUT2D eigenvalue weighted by Gasteiger charge is 2.16. The van der Waals surface area contributed by atoms with Crippen LogP contribution in [0.4, 0.5) is 0 Å². The van der Waals surface area contributed by atoms with Crippen molar-refractivity contribution in [3.05, 3.63) is 41.2 Å². The Morgan fingerprint density at radius 3 is 2.78 bits per heavy atom. The predicted molar refractivity (Wildman–Crippen MR) is 80.3 cm³/mol. The van der Waals surface area contributed by atoms with Crippen LogP contribution >= 0.6 is 28.3 Å². The molecule has 0 aliphatic rings. The lowest BCUT2D eigenvalue weighted by Crippen LogP contribution is -2.08. The number of aromatic nitrogens is 2. The molecule has 0 aliphatic carbocycles. The molecule has 1 aromatic carbocycles. The van der Waals surface area contributed by atoms with Crippen molar-refractivity contribution in [3.63, 3.8) is 0 Å². The van der Waals surface area contributed by atoms with Gasteiger partial charge in [0, 0.05) is 4.48 Å². The fourth-order valence-corrected chi connectivity index (χ4v) is 2.12. The van der Waals surface area contributed by atoms with E-state index in [9.17, 15) is 5.11 Å². The van der Waals surface area contributed by atoms with Crippen molar-refractivity contribution in [2.24, 2.45) is 0 Å². The highest BCUT2D eigenvalue weighted by Crippen LogP contribution is 2.24. The highest BCUT2D eigenvalue weighted by atomic mass is 79.9. The van der Waals surface area contributed by atoms with Crippen LogP contribution in [0.15, 0.2) is 35.3 Å². The van der Waals surface area contributed by atoms with E-state index < -0.39 is 6.10 Å². The van der Waals surface area contributed by atoms with E-state index in [1.165, 1.54) is 0 Å². The van der Waals surface area contributed by atoms with Crippen LogP contribution in [-0.4, -0.2) is 14.7 Å². The van der Waals surface area contributed by atoms with Gasteiger partial charge in [-0.1, -0.05) is 41.6 Å². The molecule has 0 saturated heterocycles. The number of hydrogen-bond donors (Lipinski definition) is 1. The van der Waals surface area contributed by atoms with Gasteiger partial charge in [-0.3, -0.25) is 0 Å². The Kier molecular flexibility index (Phi) is 5.38. The van der Waals surface area contributed by atoms with Gasteiger partial charge in [0.1, 0.15) is 11.9 Å². The molecule has 1 heterocycles. The van der Waals surface area contributed by atoms with Crippen LogP contribution < -0.4 is 0 Å². The van der Waals surface area contributed by atoms with Gasteiger partial charge < -0.3 is 9.67 Å². The molecule has 2 aromatic rings. The summed E-state index contributed by atoms with van der Waals surface area (Å²) < 4.78 is 2.87. The molecular formula is C13H16BrClN2O. The summed E-state index contributed by atoms with van der Waals surface area (Å²) in [5, 5.41) is 10.00. The minimum Gasteiger partial charge on any atom is -0.385 e. The summed E-state index contributed by atoms with van der Waals surface area (Å²) in [5.41, 5.74) is 1.93. The predicted octanol–water partition coefficient (Wildman–Crippen LogP) is 3.81. The molecule has 0 radical (unpaired) electrons. The normalized spacial score (nSPS) is 12.2. The van der Waals surface area contributed by atoms with Crippen LogP contribution in [0.3, 0.4) is 0 Å². The van der Waals surface area contributed by atoms with Gasteiger partial charge in [-0.15, -0.1) is 12.4 Å². The number of rotatable bonds is 4. The molecular weight excluding hydrogens is 316 g/mol. The Hall–Kier alpha value is -0.840. The van der Waals surface area contributed by atoms with Gasteiger partial charge in [0.2, 0.25) is 0 Å². The smallest absolute Gasteiger partial charge is 0.139 e. The van der Waals surface area contributed by atoms with Crippen LogP contribution in [0.1, 0.15) is 25.3 Å². The molecule has 98 valence electrons. The number of imidazole rings is 1. The molecule has 2 rings (SSSR count). The van der Waals surface area contributed by atoms with E-state index in [2.05, 4.69) is 27.5 Å². The van der Waals surface area contributed by atoms with E-state index in [0.717, 1.165) is 15.5 Å². The summed E-state index contributed by atoms with van der Waals surface area (Å²) in [6.45, 7) is 6.41. The average Bonchev–Trinajstić information content (AvgIpc) is 2.67. The lowest BCUT2D eigenvalue weighted by atomic mass is 10.2. The second-order valence-corrected chi connectivity index (χ2v) is 5.11. The third-order valence-electron chi connectivity index (χ3n) is 2.70. The van der Waals surface area contributed by atoms with Crippen molar-refractivity contribution < 1.29 is 5.11 Å². The van der Waals surface area contributed by atoms with Crippen LogP contribution in [0.25, 0.3) is 11.0 Å². The first-order valence-electron chi connectivity index (χ1n) is 5.60. The number of aliphatic hydroxyl groups excluding tert-OH is 1. The largest absolute Gasteiger partial charge is 0.385 e.